The van der Waals surface area contributed by atoms with Crippen molar-refractivity contribution in [2.45, 2.75) is 11.8 Å². The molecule has 0 aliphatic rings. The second kappa shape index (κ2) is 8.36. The Labute approximate surface area is 170 Å². The van der Waals surface area contributed by atoms with E-state index in [0.29, 0.717) is 11.4 Å². The number of sulfonamides is 1. The van der Waals surface area contributed by atoms with Gasteiger partial charge in [0.1, 0.15) is 0 Å². The van der Waals surface area contributed by atoms with Crippen LogP contribution >= 0.6 is 0 Å². The largest absolute Gasteiger partial charge is 0.493 e. The molecule has 3 aromatic rings. The van der Waals surface area contributed by atoms with Crippen LogP contribution in [0.4, 0.5) is 5.69 Å². The van der Waals surface area contributed by atoms with Crippen LogP contribution in [-0.4, -0.2) is 28.5 Å². The van der Waals surface area contributed by atoms with Gasteiger partial charge in [-0.25, -0.2) is 13.2 Å². The molecule has 0 aliphatic heterocycles. The summed E-state index contributed by atoms with van der Waals surface area (Å²) in [4.78, 5) is 12.5. The van der Waals surface area contributed by atoms with E-state index < -0.39 is 16.0 Å². The van der Waals surface area contributed by atoms with E-state index in [-0.39, 0.29) is 16.2 Å². The number of carbonyl (C=O) groups excluding carboxylic acids is 1. The van der Waals surface area contributed by atoms with Gasteiger partial charge >= 0.3 is 5.97 Å². The molecule has 0 aromatic heterocycles. The van der Waals surface area contributed by atoms with Crippen molar-refractivity contribution >= 4 is 21.7 Å². The van der Waals surface area contributed by atoms with Gasteiger partial charge in [0.25, 0.3) is 10.0 Å². The molecule has 0 aliphatic carbocycles. The summed E-state index contributed by atoms with van der Waals surface area (Å²) in [5.74, 6) is -0.0155. The second-order valence-electron chi connectivity index (χ2n) is 6.38. The number of esters is 1. The predicted octanol–water partition coefficient (Wildman–Crippen LogP) is 4.05. The number of benzene rings is 3. The fraction of sp³-hybridized carbons (Fsp3) is 0.136. The van der Waals surface area contributed by atoms with Gasteiger partial charge < -0.3 is 9.47 Å². The van der Waals surface area contributed by atoms with E-state index in [9.17, 15) is 13.2 Å². The van der Waals surface area contributed by atoms with Crippen molar-refractivity contribution in [3.63, 3.8) is 0 Å². The lowest BCUT2D eigenvalue weighted by molar-refractivity contribution is 0.0729. The molecule has 0 saturated carbocycles. The Morgan fingerprint density at radius 2 is 1.55 bits per heavy atom. The van der Waals surface area contributed by atoms with Crippen LogP contribution in [0.1, 0.15) is 15.9 Å². The molecule has 0 N–H and O–H groups in total. The van der Waals surface area contributed by atoms with Crippen LogP contribution in [0.25, 0.3) is 0 Å². The summed E-state index contributed by atoms with van der Waals surface area (Å²) < 4.78 is 37.7. The molecule has 6 nitrogen and oxygen atoms in total. The van der Waals surface area contributed by atoms with Gasteiger partial charge in [0, 0.05) is 7.05 Å². The normalized spacial score (nSPS) is 11.0. The Morgan fingerprint density at radius 3 is 2.21 bits per heavy atom. The van der Waals surface area contributed by atoms with Gasteiger partial charge in [-0.05, 0) is 49.4 Å². The quantitative estimate of drug-likeness (QED) is 0.452. The zero-order valence-corrected chi connectivity index (χ0v) is 17.1. The van der Waals surface area contributed by atoms with E-state index in [1.807, 2.05) is 19.1 Å². The molecule has 7 heteroatoms. The lowest BCUT2D eigenvalue weighted by Gasteiger charge is -2.20. The van der Waals surface area contributed by atoms with Gasteiger partial charge in [-0.3, -0.25) is 4.31 Å². The van der Waals surface area contributed by atoms with Crippen LogP contribution in [-0.2, 0) is 10.0 Å². The highest BCUT2D eigenvalue weighted by molar-refractivity contribution is 7.92. The monoisotopic (exact) mass is 411 g/mol. The maximum Gasteiger partial charge on any atom is 0.343 e. The number of nitrogens with zero attached hydrogens (tertiary/aromatic N) is 1. The first-order valence-electron chi connectivity index (χ1n) is 8.84. The lowest BCUT2D eigenvalue weighted by atomic mass is 10.2. The molecular formula is C22H21NO5S. The molecule has 0 fully saturated rings. The van der Waals surface area contributed by atoms with Crippen LogP contribution in [0.2, 0.25) is 0 Å². The van der Waals surface area contributed by atoms with Crippen molar-refractivity contribution in [1.82, 2.24) is 0 Å². The minimum absolute atomic E-state index is 0.00458. The van der Waals surface area contributed by atoms with Crippen LogP contribution in [0.15, 0.2) is 77.7 Å². The fourth-order valence-corrected chi connectivity index (χ4v) is 3.94. The first kappa shape index (κ1) is 20.4. The molecule has 150 valence electrons. The summed E-state index contributed by atoms with van der Waals surface area (Å²) in [5, 5.41) is 0. The average molecular weight is 411 g/mol. The maximum atomic E-state index is 13.0. The van der Waals surface area contributed by atoms with Crippen molar-refractivity contribution in [3.8, 4) is 11.5 Å². The first-order valence-corrected chi connectivity index (χ1v) is 10.3. The predicted molar refractivity (Wildman–Crippen MR) is 111 cm³/mol. The summed E-state index contributed by atoms with van der Waals surface area (Å²) >= 11 is 0. The molecule has 3 rings (SSSR count). The zero-order valence-electron chi connectivity index (χ0n) is 16.3. The first-order chi connectivity index (χ1) is 13.8. The molecule has 0 unspecified atom stereocenters. The Kier molecular flexibility index (Phi) is 5.89. The van der Waals surface area contributed by atoms with E-state index in [2.05, 4.69) is 0 Å². The molecule has 3 aromatic carbocycles. The summed E-state index contributed by atoms with van der Waals surface area (Å²) in [5.41, 5.74) is 1.67. The number of para-hydroxylation sites is 2. The van der Waals surface area contributed by atoms with Crippen molar-refractivity contribution in [2.24, 2.45) is 0 Å². The molecule has 0 radical (unpaired) electrons. The Morgan fingerprint density at radius 1 is 0.897 bits per heavy atom. The van der Waals surface area contributed by atoms with Gasteiger partial charge in [0.05, 0.1) is 23.3 Å². The fourth-order valence-electron chi connectivity index (χ4n) is 2.70. The number of hydrogen-bond donors (Lipinski definition) is 0. The molecule has 29 heavy (non-hydrogen) atoms. The highest BCUT2D eigenvalue weighted by Crippen LogP contribution is 2.27. The molecular weight excluding hydrogens is 390 g/mol. The van der Waals surface area contributed by atoms with E-state index >= 15 is 0 Å². The molecule has 0 atom stereocenters. The van der Waals surface area contributed by atoms with Crippen LogP contribution in [0.3, 0.4) is 0 Å². The topological polar surface area (TPSA) is 72.9 Å². The number of ether oxygens (including phenoxy) is 2. The zero-order chi connectivity index (χ0) is 21.0. The number of anilines is 1. The van der Waals surface area contributed by atoms with E-state index in [4.69, 9.17) is 9.47 Å². The summed E-state index contributed by atoms with van der Waals surface area (Å²) in [6.45, 7) is 1.93. The van der Waals surface area contributed by atoms with Crippen LogP contribution in [0, 0.1) is 6.92 Å². The SMILES string of the molecule is COc1ccccc1OC(=O)c1cccc(S(=O)(=O)N(C)c2ccc(C)cc2)c1. The van der Waals surface area contributed by atoms with Gasteiger partial charge in [0.15, 0.2) is 11.5 Å². The summed E-state index contributed by atoms with van der Waals surface area (Å²) in [6, 6.07) is 19.6. The van der Waals surface area contributed by atoms with Gasteiger partial charge in [-0.15, -0.1) is 0 Å². The number of rotatable bonds is 6. The minimum atomic E-state index is -3.85. The highest BCUT2D eigenvalue weighted by atomic mass is 32.2. The Bertz CT molecular complexity index is 1120. The second-order valence-corrected chi connectivity index (χ2v) is 8.35. The van der Waals surface area contributed by atoms with Gasteiger partial charge in [-0.1, -0.05) is 35.9 Å². The van der Waals surface area contributed by atoms with Gasteiger partial charge in [-0.2, -0.15) is 0 Å². The van der Waals surface area contributed by atoms with Crippen LogP contribution < -0.4 is 13.8 Å². The van der Waals surface area contributed by atoms with E-state index in [1.54, 1.807) is 36.4 Å². The third kappa shape index (κ3) is 4.41. The smallest absolute Gasteiger partial charge is 0.343 e. The molecule has 0 heterocycles. The number of carbonyl (C=O) groups is 1. The third-order valence-corrected chi connectivity index (χ3v) is 6.18. The minimum Gasteiger partial charge on any atom is -0.493 e. The number of methoxy groups -OCH3 is 1. The summed E-state index contributed by atoms with van der Waals surface area (Å²) in [6.07, 6.45) is 0. The highest BCUT2D eigenvalue weighted by Gasteiger charge is 2.23. The van der Waals surface area contributed by atoms with Crippen molar-refractivity contribution in [3.05, 3.63) is 83.9 Å². The van der Waals surface area contributed by atoms with Gasteiger partial charge in [0.2, 0.25) is 0 Å². The number of aryl methyl sites for hydroxylation is 1. The van der Waals surface area contributed by atoms with Crippen LogP contribution in [0.5, 0.6) is 11.5 Å². The maximum absolute atomic E-state index is 13.0. The third-order valence-electron chi connectivity index (χ3n) is 4.40. The Balaban J connectivity index is 1.88. The average Bonchev–Trinajstić information content (AvgIpc) is 2.74. The standard InChI is InChI=1S/C22H21NO5S/c1-16-11-13-18(14-12-16)23(2)29(25,26)19-8-6-7-17(15-19)22(24)28-21-10-5-4-9-20(21)27-3/h4-15H,1-3H3. The number of hydrogen-bond acceptors (Lipinski definition) is 5. The van der Waals surface area contributed by atoms with Crippen molar-refractivity contribution < 1.29 is 22.7 Å². The van der Waals surface area contributed by atoms with E-state index in [1.165, 1.54) is 42.7 Å². The Hall–Kier alpha value is -3.32. The van der Waals surface area contributed by atoms with Crippen molar-refractivity contribution in [2.75, 3.05) is 18.5 Å². The van der Waals surface area contributed by atoms with E-state index in [0.717, 1.165) is 5.56 Å². The van der Waals surface area contributed by atoms with Crippen molar-refractivity contribution in [1.29, 1.82) is 0 Å². The molecule has 0 bridgehead atoms. The summed E-state index contributed by atoms with van der Waals surface area (Å²) in [7, 11) is -0.901. The molecule has 0 saturated heterocycles. The molecule has 0 amide bonds. The molecule has 0 spiro atoms. The lowest BCUT2D eigenvalue weighted by Crippen LogP contribution is -2.26.